The van der Waals surface area contributed by atoms with Crippen molar-refractivity contribution < 1.29 is 0 Å². The number of hydrogen-bond acceptors (Lipinski definition) is 4. The van der Waals surface area contributed by atoms with E-state index >= 15 is 0 Å². The Kier molecular flexibility index (Phi) is 2.44. The molecule has 3 nitrogen and oxygen atoms in total. The van der Waals surface area contributed by atoms with Gasteiger partial charge in [0, 0.05) is 30.2 Å². The molecule has 1 saturated heterocycles. The van der Waals surface area contributed by atoms with Crippen LogP contribution in [0, 0.1) is 5.41 Å². The predicted octanol–water partition coefficient (Wildman–Crippen LogP) is 2.49. The van der Waals surface area contributed by atoms with Crippen LogP contribution >= 0.6 is 11.3 Å². The molecule has 1 spiro atoms. The Balaban J connectivity index is 1.67. The van der Waals surface area contributed by atoms with Gasteiger partial charge in [0.1, 0.15) is 0 Å². The van der Waals surface area contributed by atoms with E-state index in [4.69, 9.17) is 5.73 Å². The Hall–Kier alpha value is -0.610. The minimum Gasteiger partial charge on any atom is -0.375 e. The van der Waals surface area contributed by atoms with Crippen LogP contribution in [-0.4, -0.2) is 22.5 Å². The zero-order chi connectivity index (χ0) is 11.2. The molecule has 3 rings (SSSR count). The lowest BCUT2D eigenvalue weighted by Crippen LogP contribution is -2.33. The quantitative estimate of drug-likeness (QED) is 0.859. The Labute approximate surface area is 101 Å². The number of hydrogen-bond donors (Lipinski definition) is 1. The van der Waals surface area contributed by atoms with Crippen molar-refractivity contribution in [2.45, 2.75) is 45.2 Å². The van der Waals surface area contributed by atoms with Gasteiger partial charge in [-0.3, -0.25) is 4.90 Å². The Morgan fingerprint density at radius 1 is 1.62 bits per heavy atom. The molecule has 1 saturated carbocycles. The molecule has 0 bridgehead atoms. The predicted molar refractivity (Wildman–Crippen MR) is 67.3 cm³/mol. The monoisotopic (exact) mass is 237 g/mol. The van der Waals surface area contributed by atoms with E-state index in [2.05, 4.69) is 16.8 Å². The highest BCUT2D eigenvalue weighted by molar-refractivity contribution is 7.15. The first kappa shape index (κ1) is 10.5. The number of anilines is 1. The van der Waals surface area contributed by atoms with E-state index in [1.165, 1.54) is 37.1 Å². The second-order valence-electron chi connectivity index (χ2n) is 5.48. The van der Waals surface area contributed by atoms with Gasteiger partial charge in [0.15, 0.2) is 5.13 Å². The molecule has 1 aliphatic heterocycles. The summed E-state index contributed by atoms with van der Waals surface area (Å²) in [5.41, 5.74) is 6.34. The van der Waals surface area contributed by atoms with Crippen LogP contribution in [0.4, 0.5) is 5.13 Å². The summed E-state index contributed by atoms with van der Waals surface area (Å²) in [7, 11) is 0. The molecule has 2 N–H and O–H groups in total. The summed E-state index contributed by atoms with van der Waals surface area (Å²) in [6.45, 7) is 4.68. The molecule has 0 amide bonds. The summed E-state index contributed by atoms with van der Waals surface area (Å²) < 4.78 is 0. The van der Waals surface area contributed by atoms with Crippen molar-refractivity contribution in [1.82, 2.24) is 9.88 Å². The number of nitrogen functional groups attached to an aromatic ring is 1. The SMILES string of the molecule is CC1CC2(CCC2)CN1Cc1cnc(N)s1. The lowest BCUT2D eigenvalue weighted by Gasteiger charge is -2.38. The number of rotatable bonds is 2. The largest absolute Gasteiger partial charge is 0.375 e. The molecule has 4 heteroatoms. The number of nitrogens with two attached hydrogens (primary N) is 1. The van der Waals surface area contributed by atoms with Crippen molar-refractivity contribution in [3.63, 3.8) is 0 Å². The molecule has 1 aliphatic carbocycles. The van der Waals surface area contributed by atoms with Gasteiger partial charge in [-0.25, -0.2) is 4.98 Å². The van der Waals surface area contributed by atoms with Crippen LogP contribution in [0.2, 0.25) is 0 Å². The highest BCUT2D eigenvalue weighted by Gasteiger charge is 2.45. The van der Waals surface area contributed by atoms with Crippen LogP contribution in [0.25, 0.3) is 0 Å². The van der Waals surface area contributed by atoms with Crippen molar-refractivity contribution in [3.05, 3.63) is 11.1 Å². The van der Waals surface area contributed by atoms with E-state index in [1.54, 1.807) is 11.3 Å². The van der Waals surface area contributed by atoms with E-state index < -0.39 is 0 Å². The fourth-order valence-corrected chi connectivity index (χ4v) is 3.96. The van der Waals surface area contributed by atoms with Crippen LogP contribution in [0.5, 0.6) is 0 Å². The van der Waals surface area contributed by atoms with Gasteiger partial charge < -0.3 is 5.73 Å². The zero-order valence-corrected chi connectivity index (χ0v) is 10.6. The molecular formula is C12H19N3S. The minimum atomic E-state index is 0.676. The van der Waals surface area contributed by atoms with Gasteiger partial charge in [0.2, 0.25) is 0 Å². The molecule has 1 aromatic rings. The first-order chi connectivity index (χ1) is 7.67. The van der Waals surface area contributed by atoms with Gasteiger partial charge in [0.05, 0.1) is 0 Å². The van der Waals surface area contributed by atoms with Crippen molar-refractivity contribution in [3.8, 4) is 0 Å². The zero-order valence-electron chi connectivity index (χ0n) is 9.78. The standard InChI is InChI=1S/C12H19N3S/c1-9-5-12(3-2-4-12)8-15(9)7-10-6-14-11(13)16-10/h6,9H,2-5,7-8H2,1H3,(H2,13,14). The summed E-state index contributed by atoms with van der Waals surface area (Å²) in [5, 5.41) is 0.695. The normalized spacial score (nSPS) is 28.4. The van der Waals surface area contributed by atoms with Crippen molar-refractivity contribution >= 4 is 16.5 Å². The average molecular weight is 237 g/mol. The average Bonchev–Trinajstić information content (AvgIpc) is 2.72. The highest BCUT2D eigenvalue weighted by atomic mass is 32.1. The van der Waals surface area contributed by atoms with Crippen LogP contribution in [0.15, 0.2) is 6.20 Å². The fraction of sp³-hybridized carbons (Fsp3) is 0.750. The van der Waals surface area contributed by atoms with Crippen LogP contribution in [0.3, 0.4) is 0 Å². The smallest absolute Gasteiger partial charge is 0.180 e. The summed E-state index contributed by atoms with van der Waals surface area (Å²) in [4.78, 5) is 8.03. The number of nitrogens with zero attached hydrogens (tertiary/aromatic N) is 2. The molecule has 2 aliphatic rings. The molecule has 88 valence electrons. The Morgan fingerprint density at radius 2 is 2.44 bits per heavy atom. The third kappa shape index (κ3) is 1.74. The first-order valence-electron chi connectivity index (χ1n) is 6.11. The second-order valence-corrected chi connectivity index (χ2v) is 6.62. The van der Waals surface area contributed by atoms with Crippen LogP contribution in [-0.2, 0) is 6.54 Å². The van der Waals surface area contributed by atoms with E-state index in [1.807, 2.05) is 6.20 Å². The third-order valence-corrected chi connectivity index (χ3v) is 5.05. The summed E-state index contributed by atoms with van der Waals surface area (Å²) in [6.07, 6.45) is 7.64. The maximum absolute atomic E-state index is 5.67. The highest BCUT2D eigenvalue weighted by Crippen LogP contribution is 2.50. The molecule has 16 heavy (non-hydrogen) atoms. The van der Waals surface area contributed by atoms with E-state index in [-0.39, 0.29) is 0 Å². The number of thiazole rings is 1. The molecule has 2 heterocycles. The molecule has 2 fully saturated rings. The molecule has 0 aromatic carbocycles. The molecule has 1 unspecified atom stereocenters. The second kappa shape index (κ2) is 3.70. The van der Waals surface area contributed by atoms with E-state index in [9.17, 15) is 0 Å². The molecule has 1 atom stereocenters. The topological polar surface area (TPSA) is 42.2 Å². The van der Waals surface area contributed by atoms with Gasteiger partial charge in [0.25, 0.3) is 0 Å². The first-order valence-corrected chi connectivity index (χ1v) is 6.93. The van der Waals surface area contributed by atoms with E-state index in [0.717, 1.165) is 12.6 Å². The third-order valence-electron chi connectivity index (χ3n) is 4.23. The van der Waals surface area contributed by atoms with Crippen LogP contribution in [0.1, 0.15) is 37.5 Å². The van der Waals surface area contributed by atoms with Gasteiger partial charge in [-0.15, -0.1) is 11.3 Å². The lowest BCUT2D eigenvalue weighted by molar-refractivity contribution is 0.137. The Bertz CT molecular complexity index is 383. The van der Waals surface area contributed by atoms with Gasteiger partial charge in [-0.1, -0.05) is 6.42 Å². The van der Waals surface area contributed by atoms with Crippen molar-refractivity contribution in [1.29, 1.82) is 0 Å². The van der Waals surface area contributed by atoms with Crippen molar-refractivity contribution in [2.75, 3.05) is 12.3 Å². The summed E-state index contributed by atoms with van der Waals surface area (Å²) >= 11 is 1.63. The van der Waals surface area contributed by atoms with Gasteiger partial charge >= 0.3 is 0 Å². The minimum absolute atomic E-state index is 0.676. The maximum atomic E-state index is 5.67. The van der Waals surface area contributed by atoms with E-state index in [0.29, 0.717) is 10.5 Å². The fourth-order valence-electron chi connectivity index (χ4n) is 3.25. The Morgan fingerprint density at radius 3 is 2.94 bits per heavy atom. The maximum Gasteiger partial charge on any atom is 0.180 e. The van der Waals surface area contributed by atoms with Crippen LogP contribution < -0.4 is 5.73 Å². The molecule has 1 aromatic heterocycles. The molecular weight excluding hydrogens is 218 g/mol. The van der Waals surface area contributed by atoms with Gasteiger partial charge in [-0.05, 0) is 31.6 Å². The van der Waals surface area contributed by atoms with Gasteiger partial charge in [-0.2, -0.15) is 0 Å². The van der Waals surface area contributed by atoms with Crippen molar-refractivity contribution in [2.24, 2.45) is 5.41 Å². The summed E-state index contributed by atoms with van der Waals surface area (Å²) in [6, 6.07) is 0.726. The summed E-state index contributed by atoms with van der Waals surface area (Å²) in [5.74, 6) is 0. The molecule has 0 radical (unpaired) electrons. The number of aromatic nitrogens is 1. The lowest BCUT2D eigenvalue weighted by atomic mass is 9.68. The number of likely N-dealkylation sites (tertiary alicyclic amines) is 1.